The maximum atomic E-state index is 12.6. The van der Waals surface area contributed by atoms with E-state index in [1.54, 1.807) is 18.2 Å². The maximum absolute atomic E-state index is 12.6. The SMILES string of the molecule is CC(C)OCCCNC(=O)C1CCN(C(C)C(=O)Nc2cc(Cl)ccc2Cl)CC1. The zero-order chi connectivity index (χ0) is 21.4. The third-order valence-electron chi connectivity index (χ3n) is 5.09. The minimum Gasteiger partial charge on any atom is -0.379 e. The van der Waals surface area contributed by atoms with Gasteiger partial charge in [-0.15, -0.1) is 0 Å². The lowest BCUT2D eigenvalue weighted by atomic mass is 9.95. The summed E-state index contributed by atoms with van der Waals surface area (Å²) in [5.41, 5.74) is 0.506. The zero-order valence-corrected chi connectivity index (χ0v) is 18.9. The predicted octanol–water partition coefficient (Wildman–Crippen LogP) is 3.96. The van der Waals surface area contributed by atoms with Crippen LogP contribution in [0.1, 0.15) is 40.0 Å². The topological polar surface area (TPSA) is 70.7 Å². The van der Waals surface area contributed by atoms with Crippen LogP contribution in [-0.2, 0) is 14.3 Å². The Morgan fingerprint density at radius 3 is 2.55 bits per heavy atom. The molecule has 2 rings (SSSR count). The van der Waals surface area contributed by atoms with E-state index in [0.29, 0.717) is 42.0 Å². The van der Waals surface area contributed by atoms with Gasteiger partial charge in [0.05, 0.1) is 22.9 Å². The van der Waals surface area contributed by atoms with Crippen LogP contribution in [0, 0.1) is 5.92 Å². The lowest BCUT2D eigenvalue weighted by molar-refractivity contribution is -0.127. The highest BCUT2D eigenvalue weighted by Gasteiger charge is 2.29. The van der Waals surface area contributed by atoms with Crippen molar-refractivity contribution in [3.05, 3.63) is 28.2 Å². The molecule has 2 N–H and O–H groups in total. The van der Waals surface area contributed by atoms with E-state index in [1.165, 1.54) is 0 Å². The number of anilines is 1. The summed E-state index contributed by atoms with van der Waals surface area (Å²) < 4.78 is 5.48. The molecule has 0 aliphatic carbocycles. The predicted molar refractivity (Wildman–Crippen MR) is 118 cm³/mol. The highest BCUT2D eigenvalue weighted by atomic mass is 35.5. The van der Waals surface area contributed by atoms with Gasteiger partial charge < -0.3 is 15.4 Å². The largest absolute Gasteiger partial charge is 0.379 e. The van der Waals surface area contributed by atoms with Crippen molar-refractivity contribution in [3.8, 4) is 0 Å². The lowest BCUT2D eigenvalue weighted by Crippen LogP contribution is -2.48. The molecule has 1 fully saturated rings. The monoisotopic (exact) mass is 443 g/mol. The van der Waals surface area contributed by atoms with Gasteiger partial charge in [-0.3, -0.25) is 14.5 Å². The number of likely N-dealkylation sites (tertiary alicyclic amines) is 1. The van der Waals surface area contributed by atoms with Gasteiger partial charge in [-0.2, -0.15) is 0 Å². The van der Waals surface area contributed by atoms with Crippen molar-refractivity contribution >= 4 is 40.7 Å². The van der Waals surface area contributed by atoms with Crippen LogP contribution in [0.4, 0.5) is 5.69 Å². The Bertz CT molecular complexity index is 692. The number of ether oxygens (including phenoxy) is 1. The van der Waals surface area contributed by atoms with E-state index in [-0.39, 0.29) is 29.9 Å². The van der Waals surface area contributed by atoms with Gasteiger partial charge in [0.15, 0.2) is 0 Å². The maximum Gasteiger partial charge on any atom is 0.241 e. The Morgan fingerprint density at radius 2 is 1.90 bits per heavy atom. The van der Waals surface area contributed by atoms with Crippen molar-refractivity contribution in [2.75, 3.05) is 31.6 Å². The molecule has 8 heteroatoms. The summed E-state index contributed by atoms with van der Waals surface area (Å²) >= 11 is 12.1. The average molecular weight is 444 g/mol. The molecule has 0 saturated carbocycles. The molecular formula is C21H31Cl2N3O3. The number of nitrogens with one attached hydrogen (secondary N) is 2. The number of piperidine rings is 1. The number of halogens is 2. The van der Waals surface area contributed by atoms with Crippen LogP contribution in [0.3, 0.4) is 0 Å². The first-order valence-electron chi connectivity index (χ1n) is 10.2. The van der Waals surface area contributed by atoms with Crippen molar-refractivity contribution < 1.29 is 14.3 Å². The van der Waals surface area contributed by atoms with Gasteiger partial charge in [0.25, 0.3) is 0 Å². The fourth-order valence-corrected chi connectivity index (χ4v) is 3.63. The van der Waals surface area contributed by atoms with Crippen molar-refractivity contribution in [3.63, 3.8) is 0 Å². The molecule has 1 aromatic rings. The first-order chi connectivity index (χ1) is 13.8. The van der Waals surface area contributed by atoms with Crippen LogP contribution in [0.2, 0.25) is 10.0 Å². The van der Waals surface area contributed by atoms with Crippen LogP contribution >= 0.6 is 23.2 Å². The lowest BCUT2D eigenvalue weighted by Gasteiger charge is -2.34. The van der Waals surface area contributed by atoms with E-state index in [1.807, 2.05) is 20.8 Å². The molecule has 29 heavy (non-hydrogen) atoms. The molecule has 0 radical (unpaired) electrons. The number of rotatable bonds is 9. The molecule has 1 saturated heterocycles. The number of hydrogen-bond donors (Lipinski definition) is 2. The minimum absolute atomic E-state index is 0.00472. The molecule has 0 bridgehead atoms. The zero-order valence-electron chi connectivity index (χ0n) is 17.3. The van der Waals surface area contributed by atoms with Gasteiger partial charge in [0.2, 0.25) is 11.8 Å². The molecule has 1 aromatic carbocycles. The number of benzene rings is 1. The van der Waals surface area contributed by atoms with Crippen molar-refractivity contribution in [2.45, 2.75) is 52.2 Å². The molecule has 1 heterocycles. The Hall–Kier alpha value is -1.34. The van der Waals surface area contributed by atoms with Gasteiger partial charge >= 0.3 is 0 Å². The number of carbonyl (C=O) groups excluding carboxylic acids is 2. The first-order valence-corrected chi connectivity index (χ1v) is 10.9. The van der Waals surface area contributed by atoms with Crippen molar-refractivity contribution in [1.82, 2.24) is 10.2 Å². The molecule has 1 aliphatic heterocycles. The molecule has 0 aromatic heterocycles. The number of amides is 2. The smallest absolute Gasteiger partial charge is 0.241 e. The van der Waals surface area contributed by atoms with E-state index in [2.05, 4.69) is 15.5 Å². The summed E-state index contributed by atoms with van der Waals surface area (Å²) in [6.07, 6.45) is 2.50. The standard InChI is InChI=1S/C21H31Cl2N3O3/c1-14(2)29-12-4-9-24-21(28)16-7-10-26(11-8-16)15(3)20(27)25-19-13-17(22)5-6-18(19)23/h5-6,13-16H,4,7-12H2,1-3H3,(H,24,28)(H,25,27). The van der Waals surface area contributed by atoms with Crippen LogP contribution < -0.4 is 10.6 Å². The van der Waals surface area contributed by atoms with Gasteiger partial charge in [0.1, 0.15) is 0 Å². The van der Waals surface area contributed by atoms with E-state index in [4.69, 9.17) is 27.9 Å². The molecule has 1 unspecified atom stereocenters. The third-order valence-corrected chi connectivity index (χ3v) is 5.65. The molecule has 1 atom stereocenters. The quantitative estimate of drug-likeness (QED) is 0.566. The van der Waals surface area contributed by atoms with Gasteiger partial charge in [0, 0.05) is 24.1 Å². The van der Waals surface area contributed by atoms with E-state index in [9.17, 15) is 9.59 Å². The first kappa shape index (κ1) is 23.9. The Labute approximate surface area is 183 Å². The second-order valence-electron chi connectivity index (χ2n) is 7.66. The van der Waals surface area contributed by atoms with Crippen LogP contribution in [0.5, 0.6) is 0 Å². The van der Waals surface area contributed by atoms with Crippen LogP contribution in [-0.4, -0.2) is 55.1 Å². The van der Waals surface area contributed by atoms with Crippen LogP contribution in [0.25, 0.3) is 0 Å². The summed E-state index contributed by atoms with van der Waals surface area (Å²) in [7, 11) is 0. The highest BCUT2D eigenvalue weighted by Crippen LogP contribution is 2.26. The summed E-state index contributed by atoms with van der Waals surface area (Å²) in [5, 5.41) is 6.80. The van der Waals surface area contributed by atoms with Gasteiger partial charge in [-0.1, -0.05) is 23.2 Å². The van der Waals surface area contributed by atoms with E-state index in [0.717, 1.165) is 19.3 Å². The van der Waals surface area contributed by atoms with Crippen molar-refractivity contribution in [1.29, 1.82) is 0 Å². The molecule has 2 amide bonds. The second-order valence-corrected chi connectivity index (χ2v) is 8.51. The Kier molecular flexibility index (Phi) is 9.69. The van der Waals surface area contributed by atoms with Gasteiger partial charge in [-0.05, 0) is 71.3 Å². The van der Waals surface area contributed by atoms with E-state index >= 15 is 0 Å². The number of carbonyl (C=O) groups is 2. The van der Waals surface area contributed by atoms with Crippen LogP contribution in [0.15, 0.2) is 18.2 Å². The normalized spacial score (nSPS) is 16.6. The van der Waals surface area contributed by atoms with E-state index < -0.39 is 0 Å². The fourth-order valence-electron chi connectivity index (χ4n) is 3.29. The summed E-state index contributed by atoms with van der Waals surface area (Å²) in [5.74, 6) is -0.0471. The average Bonchev–Trinajstić information content (AvgIpc) is 2.69. The highest BCUT2D eigenvalue weighted by molar-refractivity contribution is 6.35. The van der Waals surface area contributed by atoms with Gasteiger partial charge in [-0.25, -0.2) is 0 Å². The molecular weight excluding hydrogens is 413 g/mol. The fraction of sp³-hybridized carbons (Fsp3) is 0.619. The molecule has 6 nitrogen and oxygen atoms in total. The molecule has 0 spiro atoms. The second kappa shape index (κ2) is 11.7. The number of nitrogens with zero attached hydrogens (tertiary/aromatic N) is 1. The Balaban J connectivity index is 1.74. The number of hydrogen-bond acceptors (Lipinski definition) is 4. The summed E-state index contributed by atoms with van der Waals surface area (Å²) in [6, 6.07) is 4.65. The Morgan fingerprint density at radius 1 is 1.21 bits per heavy atom. The summed E-state index contributed by atoms with van der Waals surface area (Å²) in [4.78, 5) is 27.0. The summed E-state index contributed by atoms with van der Waals surface area (Å²) in [6.45, 7) is 8.54. The molecule has 1 aliphatic rings. The van der Waals surface area contributed by atoms with Crippen molar-refractivity contribution in [2.24, 2.45) is 5.92 Å². The molecule has 162 valence electrons. The minimum atomic E-state index is -0.317. The third kappa shape index (κ3) is 7.78.